The van der Waals surface area contributed by atoms with Gasteiger partial charge in [0.1, 0.15) is 0 Å². The fraction of sp³-hybridized carbons (Fsp3) is 0.333. The maximum atomic E-state index is 11.9. The Balaban J connectivity index is 1.69. The lowest BCUT2D eigenvalue weighted by Crippen LogP contribution is -2.27. The summed E-state index contributed by atoms with van der Waals surface area (Å²) in [6.07, 6.45) is 1.09. The number of ether oxygens (including phenoxy) is 2. The molecule has 1 amide bonds. The van der Waals surface area contributed by atoms with Gasteiger partial charge < -0.3 is 20.1 Å². The van der Waals surface area contributed by atoms with Crippen LogP contribution in [0.15, 0.2) is 42.5 Å². The van der Waals surface area contributed by atoms with Gasteiger partial charge in [0.2, 0.25) is 5.91 Å². The van der Waals surface area contributed by atoms with Gasteiger partial charge in [-0.15, -0.1) is 0 Å². The number of anilines is 1. The van der Waals surface area contributed by atoms with Gasteiger partial charge in [-0.05, 0) is 55.3 Å². The molecule has 2 aromatic rings. The number of amides is 1. The van der Waals surface area contributed by atoms with Gasteiger partial charge in [-0.2, -0.15) is 0 Å². The van der Waals surface area contributed by atoms with Gasteiger partial charge in [0.05, 0.1) is 14.2 Å². The van der Waals surface area contributed by atoms with Crippen LogP contribution in [0.2, 0.25) is 0 Å². The van der Waals surface area contributed by atoms with E-state index in [0.717, 1.165) is 11.3 Å². The average Bonchev–Trinajstić information content (AvgIpc) is 2.68. The predicted octanol–water partition coefficient (Wildman–Crippen LogP) is 3.07. The van der Waals surface area contributed by atoms with Crippen molar-refractivity contribution in [3.05, 3.63) is 53.6 Å². The molecule has 0 heterocycles. The van der Waals surface area contributed by atoms with Crippen molar-refractivity contribution in [3.8, 4) is 11.5 Å². The summed E-state index contributed by atoms with van der Waals surface area (Å²) in [4.78, 5) is 23.2. The average molecular weight is 370 g/mol. The van der Waals surface area contributed by atoms with E-state index in [-0.39, 0.29) is 11.7 Å². The maximum absolute atomic E-state index is 11.9. The van der Waals surface area contributed by atoms with Crippen molar-refractivity contribution >= 4 is 17.4 Å². The third-order valence-corrected chi connectivity index (χ3v) is 4.16. The van der Waals surface area contributed by atoms with Crippen LogP contribution in [0, 0.1) is 0 Å². The molecule has 0 aromatic heterocycles. The van der Waals surface area contributed by atoms with E-state index in [9.17, 15) is 9.59 Å². The Bertz CT molecular complexity index is 772. The first kappa shape index (κ1) is 20.3. The lowest BCUT2D eigenvalue weighted by molar-refractivity contribution is -0.120. The fourth-order valence-electron chi connectivity index (χ4n) is 2.61. The second-order valence-corrected chi connectivity index (χ2v) is 6.10. The van der Waals surface area contributed by atoms with Crippen molar-refractivity contribution in [2.24, 2.45) is 0 Å². The van der Waals surface area contributed by atoms with Crippen LogP contribution in [0.5, 0.6) is 11.5 Å². The summed E-state index contributed by atoms with van der Waals surface area (Å²) in [6, 6.07) is 13.0. The zero-order chi connectivity index (χ0) is 19.6. The standard InChI is InChI=1S/C21H26N2O4/c1-15(24)17-5-7-18(8-6-17)22-13-11-21(25)23-12-10-16-4-9-19(26-2)20(14-16)27-3/h4-9,14,22H,10-13H2,1-3H3,(H,23,25). The first-order valence-corrected chi connectivity index (χ1v) is 8.86. The third kappa shape index (κ3) is 6.33. The van der Waals surface area contributed by atoms with E-state index in [2.05, 4.69) is 10.6 Å². The molecule has 0 unspecified atom stereocenters. The number of nitrogens with one attached hydrogen (secondary N) is 2. The van der Waals surface area contributed by atoms with Crippen LogP contribution in [0.25, 0.3) is 0 Å². The third-order valence-electron chi connectivity index (χ3n) is 4.16. The van der Waals surface area contributed by atoms with Gasteiger partial charge in [-0.25, -0.2) is 0 Å². The van der Waals surface area contributed by atoms with Gasteiger partial charge in [-0.1, -0.05) is 6.07 Å². The molecule has 0 atom stereocenters. The number of ketones is 1. The van der Waals surface area contributed by atoms with E-state index < -0.39 is 0 Å². The summed E-state index contributed by atoms with van der Waals surface area (Å²) >= 11 is 0. The summed E-state index contributed by atoms with van der Waals surface area (Å²) in [7, 11) is 3.20. The highest BCUT2D eigenvalue weighted by Gasteiger charge is 2.06. The Labute approximate surface area is 159 Å². The van der Waals surface area contributed by atoms with Crippen LogP contribution in [0.4, 0.5) is 5.69 Å². The largest absolute Gasteiger partial charge is 0.493 e. The number of Topliss-reactive ketones (excluding diaryl/α,β-unsaturated/α-hetero) is 1. The Morgan fingerprint density at radius 3 is 2.26 bits per heavy atom. The predicted molar refractivity (Wildman–Crippen MR) is 106 cm³/mol. The molecule has 0 aliphatic rings. The number of hydrogen-bond acceptors (Lipinski definition) is 5. The molecule has 6 nitrogen and oxygen atoms in total. The Morgan fingerprint density at radius 1 is 0.926 bits per heavy atom. The second kappa shape index (κ2) is 10.2. The molecule has 144 valence electrons. The number of carbonyl (C=O) groups is 2. The maximum Gasteiger partial charge on any atom is 0.221 e. The van der Waals surface area contributed by atoms with Crippen LogP contribution < -0.4 is 20.1 Å². The molecule has 0 fully saturated rings. The van der Waals surface area contributed by atoms with Crippen LogP contribution in [-0.2, 0) is 11.2 Å². The lowest BCUT2D eigenvalue weighted by atomic mass is 10.1. The molecule has 2 N–H and O–H groups in total. The summed E-state index contributed by atoms with van der Waals surface area (Å²) in [5.41, 5.74) is 2.63. The normalized spacial score (nSPS) is 10.2. The molecule has 0 saturated heterocycles. The van der Waals surface area contributed by atoms with Gasteiger partial charge in [0, 0.05) is 30.8 Å². The highest BCUT2D eigenvalue weighted by molar-refractivity contribution is 5.94. The number of rotatable bonds is 10. The van der Waals surface area contributed by atoms with Crippen LogP contribution >= 0.6 is 0 Å². The number of carbonyl (C=O) groups excluding carboxylic acids is 2. The SMILES string of the molecule is COc1ccc(CCNC(=O)CCNc2ccc(C(C)=O)cc2)cc1OC. The van der Waals surface area contributed by atoms with Gasteiger partial charge >= 0.3 is 0 Å². The molecule has 27 heavy (non-hydrogen) atoms. The van der Waals surface area contributed by atoms with E-state index in [1.54, 1.807) is 26.4 Å². The van der Waals surface area contributed by atoms with Crippen molar-refractivity contribution < 1.29 is 19.1 Å². The summed E-state index contributed by atoms with van der Waals surface area (Å²) < 4.78 is 10.5. The fourth-order valence-corrected chi connectivity index (χ4v) is 2.61. The second-order valence-electron chi connectivity index (χ2n) is 6.10. The number of hydrogen-bond donors (Lipinski definition) is 2. The number of benzene rings is 2. The molecule has 0 aliphatic heterocycles. The molecule has 6 heteroatoms. The van der Waals surface area contributed by atoms with E-state index in [1.165, 1.54) is 6.92 Å². The van der Waals surface area contributed by atoms with Crippen molar-refractivity contribution in [1.82, 2.24) is 5.32 Å². The molecular weight excluding hydrogens is 344 g/mol. The Morgan fingerprint density at radius 2 is 1.63 bits per heavy atom. The zero-order valence-electron chi connectivity index (χ0n) is 16.0. The molecule has 0 saturated carbocycles. The molecule has 0 aliphatic carbocycles. The first-order chi connectivity index (χ1) is 13.0. The van der Waals surface area contributed by atoms with Gasteiger partial charge in [0.15, 0.2) is 17.3 Å². The molecule has 2 aromatic carbocycles. The number of methoxy groups -OCH3 is 2. The van der Waals surface area contributed by atoms with Crippen molar-refractivity contribution in [2.75, 3.05) is 32.6 Å². The van der Waals surface area contributed by atoms with Crippen LogP contribution in [0.1, 0.15) is 29.3 Å². The first-order valence-electron chi connectivity index (χ1n) is 8.86. The van der Waals surface area contributed by atoms with E-state index in [4.69, 9.17) is 9.47 Å². The zero-order valence-corrected chi connectivity index (χ0v) is 16.0. The monoisotopic (exact) mass is 370 g/mol. The summed E-state index contributed by atoms with van der Waals surface area (Å²) in [6.45, 7) is 2.62. The Hall–Kier alpha value is -3.02. The lowest BCUT2D eigenvalue weighted by Gasteiger charge is -2.10. The van der Waals surface area contributed by atoms with E-state index in [1.807, 2.05) is 30.3 Å². The van der Waals surface area contributed by atoms with Crippen LogP contribution in [0.3, 0.4) is 0 Å². The van der Waals surface area contributed by atoms with Crippen LogP contribution in [-0.4, -0.2) is 39.0 Å². The van der Waals surface area contributed by atoms with Crippen molar-refractivity contribution in [2.45, 2.75) is 19.8 Å². The molecular formula is C21H26N2O4. The minimum absolute atomic E-state index is 0.0108. The highest BCUT2D eigenvalue weighted by Crippen LogP contribution is 2.27. The molecule has 0 radical (unpaired) electrons. The summed E-state index contributed by atoms with van der Waals surface area (Å²) in [5.74, 6) is 1.40. The van der Waals surface area contributed by atoms with Crippen molar-refractivity contribution in [3.63, 3.8) is 0 Å². The minimum Gasteiger partial charge on any atom is -0.493 e. The highest BCUT2D eigenvalue weighted by atomic mass is 16.5. The molecule has 0 spiro atoms. The van der Waals surface area contributed by atoms with E-state index >= 15 is 0 Å². The molecule has 0 bridgehead atoms. The van der Waals surface area contributed by atoms with Crippen molar-refractivity contribution in [1.29, 1.82) is 0 Å². The van der Waals surface area contributed by atoms with Gasteiger partial charge in [-0.3, -0.25) is 9.59 Å². The summed E-state index contributed by atoms with van der Waals surface area (Å²) in [5, 5.41) is 6.09. The topological polar surface area (TPSA) is 76.7 Å². The van der Waals surface area contributed by atoms with Gasteiger partial charge in [0.25, 0.3) is 0 Å². The smallest absolute Gasteiger partial charge is 0.221 e. The van der Waals surface area contributed by atoms with E-state index in [0.29, 0.717) is 43.0 Å². The Kier molecular flexibility index (Phi) is 7.67. The quantitative estimate of drug-likeness (QED) is 0.629. The molecule has 2 rings (SSSR count). The minimum atomic E-state index is -0.0108.